The van der Waals surface area contributed by atoms with Crippen LogP contribution in [0.15, 0.2) is 84.9 Å². The van der Waals surface area contributed by atoms with Crippen LogP contribution in [-0.4, -0.2) is 21.0 Å². The summed E-state index contributed by atoms with van der Waals surface area (Å²) in [5.41, 5.74) is 6.65. The number of H-pyrrole nitrogens is 1. The van der Waals surface area contributed by atoms with E-state index < -0.39 is 0 Å². The summed E-state index contributed by atoms with van der Waals surface area (Å²) in [6.07, 6.45) is 3.13. The maximum atomic E-state index is 12.4. The van der Waals surface area contributed by atoms with Crippen LogP contribution < -0.4 is 5.32 Å². The number of carbonyl (C=O) groups excluding carboxylic acids is 1. The van der Waals surface area contributed by atoms with E-state index in [1.54, 1.807) is 24.3 Å². The number of carbonyl (C=O) groups is 1. The Morgan fingerprint density at radius 3 is 2.64 bits per heavy atom. The first-order valence-corrected chi connectivity index (χ1v) is 10.8. The van der Waals surface area contributed by atoms with Crippen LogP contribution in [0.5, 0.6) is 5.75 Å². The van der Waals surface area contributed by atoms with Gasteiger partial charge >= 0.3 is 0 Å². The summed E-state index contributed by atoms with van der Waals surface area (Å²) in [5.74, 6) is -0.0616. The Morgan fingerprint density at radius 2 is 1.82 bits per heavy atom. The Bertz CT molecular complexity index is 1500. The van der Waals surface area contributed by atoms with Gasteiger partial charge in [-0.1, -0.05) is 60.2 Å². The Morgan fingerprint density at radius 1 is 1.00 bits per heavy atom. The first-order chi connectivity index (χ1) is 16.1. The minimum absolute atomic E-state index is 0.164. The third-order valence-electron chi connectivity index (χ3n) is 5.62. The van der Waals surface area contributed by atoms with Crippen LogP contribution in [0.4, 0.5) is 0 Å². The molecule has 0 aliphatic carbocycles. The Kier molecular flexibility index (Phi) is 5.37. The topological polar surface area (TPSA) is 78.0 Å². The van der Waals surface area contributed by atoms with E-state index in [1.165, 1.54) is 11.6 Å². The molecule has 33 heavy (non-hydrogen) atoms. The van der Waals surface area contributed by atoms with Gasteiger partial charge in [-0.25, -0.2) is 4.98 Å². The lowest BCUT2D eigenvalue weighted by Crippen LogP contribution is -2.21. The van der Waals surface area contributed by atoms with Crippen LogP contribution in [-0.2, 0) is 11.3 Å². The molecule has 5 heteroatoms. The molecule has 2 heterocycles. The van der Waals surface area contributed by atoms with Gasteiger partial charge in [0.2, 0.25) is 5.91 Å². The van der Waals surface area contributed by atoms with Crippen molar-refractivity contribution in [3.8, 4) is 17.0 Å². The molecule has 2 aromatic heterocycles. The van der Waals surface area contributed by atoms with Crippen LogP contribution in [0.3, 0.4) is 0 Å². The van der Waals surface area contributed by atoms with Crippen LogP contribution in [0, 0.1) is 6.92 Å². The molecule has 5 rings (SSSR count). The number of aromatic nitrogens is 2. The minimum atomic E-state index is -0.226. The number of aromatic hydroxyl groups is 1. The number of para-hydroxylation sites is 1. The zero-order valence-electron chi connectivity index (χ0n) is 18.2. The highest BCUT2D eigenvalue weighted by molar-refractivity contribution is 6.11. The monoisotopic (exact) mass is 433 g/mol. The van der Waals surface area contributed by atoms with Crippen molar-refractivity contribution in [2.24, 2.45) is 0 Å². The number of pyridine rings is 1. The van der Waals surface area contributed by atoms with E-state index in [2.05, 4.69) is 53.6 Å². The standard InChI is InChI=1S/C28H23N3O2/c1-18-9-12-20(13-10-18)27-28-24(23-7-2-3-8-25(23)31-28)16-21(30-27)17-29-26(33)14-11-19-5-4-6-22(32)15-19/h2-16,31-32H,17H2,1H3,(H,29,33)/b14-11+. The number of aryl methyl sites for hydroxylation is 1. The van der Waals surface area contributed by atoms with Crippen molar-refractivity contribution in [1.29, 1.82) is 0 Å². The van der Waals surface area contributed by atoms with Gasteiger partial charge in [0.05, 0.1) is 23.4 Å². The summed E-state index contributed by atoms with van der Waals surface area (Å²) in [7, 11) is 0. The number of fused-ring (bicyclic) bond motifs is 3. The molecule has 1 amide bonds. The third kappa shape index (κ3) is 4.34. The van der Waals surface area contributed by atoms with Crippen molar-refractivity contribution in [3.63, 3.8) is 0 Å². The summed E-state index contributed by atoms with van der Waals surface area (Å²) in [4.78, 5) is 20.8. The molecule has 3 N–H and O–H groups in total. The first kappa shape index (κ1) is 20.5. The van der Waals surface area contributed by atoms with Gasteiger partial charge in [-0.3, -0.25) is 4.79 Å². The molecule has 0 atom stereocenters. The highest BCUT2D eigenvalue weighted by atomic mass is 16.3. The highest BCUT2D eigenvalue weighted by Gasteiger charge is 2.13. The van der Waals surface area contributed by atoms with Crippen LogP contribution >= 0.6 is 0 Å². The zero-order chi connectivity index (χ0) is 22.8. The summed E-state index contributed by atoms with van der Waals surface area (Å²) in [5, 5.41) is 14.7. The van der Waals surface area contributed by atoms with Crippen molar-refractivity contribution in [1.82, 2.24) is 15.3 Å². The molecule has 0 unspecified atom stereocenters. The summed E-state index contributed by atoms with van der Waals surface area (Å²) < 4.78 is 0. The van der Waals surface area contributed by atoms with Gasteiger partial charge in [0.15, 0.2) is 0 Å². The number of nitrogens with zero attached hydrogens (tertiary/aromatic N) is 1. The number of benzene rings is 3. The van der Waals surface area contributed by atoms with Crippen molar-refractivity contribution >= 4 is 33.8 Å². The van der Waals surface area contributed by atoms with Crippen LogP contribution in [0.1, 0.15) is 16.8 Å². The molecule has 0 saturated heterocycles. The SMILES string of the molecule is Cc1ccc(-c2nc(CNC(=O)/C=C/c3cccc(O)c3)cc3c2[nH]c2ccccc23)cc1. The fraction of sp³-hybridized carbons (Fsp3) is 0.0714. The molecule has 0 saturated carbocycles. The Balaban J connectivity index is 1.47. The number of phenols is 1. The molecular weight excluding hydrogens is 410 g/mol. The molecular formula is C28H23N3O2. The van der Waals surface area contributed by atoms with Crippen molar-refractivity contribution in [3.05, 3.63) is 102 Å². The average Bonchev–Trinajstić information content (AvgIpc) is 3.20. The van der Waals surface area contributed by atoms with Gasteiger partial charge in [-0.2, -0.15) is 0 Å². The predicted molar refractivity (Wildman–Crippen MR) is 133 cm³/mol. The molecule has 0 fully saturated rings. The lowest BCUT2D eigenvalue weighted by atomic mass is 10.1. The molecule has 3 aromatic carbocycles. The van der Waals surface area contributed by atoms with Crippen molar-refractivity contribution < 1.29 is 9.90 Å². The summed E-state index contributed by atoms with van der Waals surface area (Å²) in [6, 6.07) is 25.3. The van der Waals surface area contributed by atoms with Gasteiger partial charge < -0.3 is 15.4 Å². The lowest BCUT2D eigenvalue weighted by Gasteiger charge is -2.08. The van der Waals surface area contributed by atoms with Crippen molar-refractivity contribution in [2.45, 2.75) is 13.5 Å². The normalized spacial score (nSPS) is 11.4. The number of hydrogen-bond donors (Lipinski definition) is 3. The third-order valence-corrected chi connectivity index (χ3v) is 5.62. The largest absolute Gasteiger partial charge is 0.508 e. The molecule has 0 spiro atoms. The number of rotatable bonds is 5. The zero-order valence-corrected chi connectivity index (χ0v) is 18.2. The second-order valence-corrected chi connectivity index (χ2v) is 8.07. The van der Waals surface area contributed by atoms with Gasteiger partial charge in [0.25, 0.3) is 0 Å². The van der Waals surface area contributed by atoms with E-state index in [1.807, 2.05) is 24.3 Å². The molecule has 162 valence electrons. The van der Waals surface area contributed by atoms with E-state index >= 15 is 0 Å². The maximum Gasteiger partial charge on any atom is 0.244 e. The Hall–Kier alpha value is -4.38. The van der Waals surface area contributed by atoms with E-state index in [0.29, 0.717) is 6.54 Å². The smallest absolute Gasteiger partial charge is 0.244 e. The lowest BCUT2D eigenvalue weighted by molar-refractivity contribution is -0.116. The van der Waals surface area contributed by atoms with Gasteiger partial charge in [0.1, 0.15) is 5.75 Å². The fourth-order valence-electron chi connectivity index (χ4n) is 3.95. The number of aromatic amines is 1. The fourth-order valence-corrected chi connectivity index (χ4v) is 3.95. The summed E-state index contributed by atoms with van der Waals surface area (Å²) in [6.45, 7) is 2.36. The van der Waals surface area contributed by atoms with Gasteiger partial charge in [0, 0.05) is 27.9 Å². The van der Waals surface area contributed by atoms with Gasteiger partial charge in [-0.15, -0.1) is 0 Å². The van der Waals surface area contributed by atoms with Gasteiger partial charge in [-0.05, 0) is 42.8 Å². The molecule has 0 aliphatic heterocycles. The number of hydrogen-bond acceptors (Lipinski definition) is 3. The van der Waals surface area contributed by atoms with Crippen LogP contribution in [0.2, 0.25) is 0 Å². The second kappa shape index (κ2) is 8.63. The number of nitrogens with one attached hydrogen (secondary N) is 2. The average molecular weight is 434 g/mol. The Labute approximate surface area is 191 Å². The summed E-state index contributed by atoms with van der Waals surface area (Å²) >= 11 is 0. The van der Waals surface area contributed by atoms with Crippen molar-refractivity contribution in [2.75, 3.05) is 0 Å². The van der Waals surface area contributed by atoms with E-state index in [0.717, 1.165) is 44.3 Å². The predicted octanol–water partition coefficient (Wildman–Crippen LogP) is 5.73. The molecule has 0 radical (unpaired) electrons. The molecule has 5 aromatic rings. The highest BCUT2D eigenvalue weighted by Crippen LogP contribution is 2.32. The quantitative estimate of drug-likeness (QED) is 0.310. The maximum absolute atomic E-state index is 12.4. The number of amides is 1. The molecule has 5 nitrogen and oxygen atoms in total. The molecule has 0 bridgehead atoms. The van der Waals surface area contributed by atoms with E-state index in [9.17, 15) is 9.90 Å². The second-order valence-electron chi connectivity index (χ2n) is 8.07. The minimum Gasteiger partial charge on any atom is -0.508 e. The molecule has 0 aliphatic rings. The van der Waals surface area contributed by atoms with Crippen LogP contribution in [0.25, 0.3) is 39.1 Å². The van der Waals surface area contributed by atoms with E-state index in [4.69, 9.17) is 4.98 Å². The van der Waals surface area contributed by atoms with E-state index in [-0.39, 0.29) is 11.7 Å². The number of phenolic OH excluding ortho intramolecular Hbond substituents is 1. The first-order valence-electron chi connectivity index (χ1n) is 10.8.